The first kappa shape index (κ1) is 17.9. The maximum Gasteiger partial charge on any atom is 0.235 e. The number of nitriles is 1. The highest BCUT2D eigenvalue weighted by molar-refractivity contribution is 5.93. The van der Waals surface area contributed by atoms with Crippen LogP contribution in [0.15, 0.2) is 24.3 Å². The Morgan fingerprint density at radius 3 is 2.70 bits per heavy atom. The molecule has 1 saturated heterocycles. The van der Waals surface area contributed by atoms with Crippen LogP contribution in [-0.4, -0.2) is 34.1 Å². The topological polar surface area (TPSA) is 69.9 Å². The Labute approximate surface area is 172 Å². The number of likely N-dealkylation sites (tertiary alicyclic amines) is 1. The molecule has 4 atom stereocenters. The van der Waals surface area contributed by atoms with Crippen molar-refractivity contribution in [3.63, 3.8) is 0 Å². The van der Waals surface area contributed by atoms with Gasteiger partial charge in [-0.1, -0.05) is 13.0 Å². The predicted molar refractivity (Wildman–Crippen MR) is 103 cm³/mol. The number of carbonyl (C=O) groups excluding carboxylic acids is 1. The molecule has 2 heterocycles. The highest BCUT2D eigenvalue weighted by atomic mass is 19.1. The molecule has 1 amide bonds. The standard InChI is InChI=1S/C23H20F2N4O/c1-22-14-7-13-8-18(19-16(24)3-2-4-17(19)25)27-28-20(13)23(22,9-15(14)22)21(30)29-10-12(11-29)5-6-26/h2-4,8,12,14-15H,5,7,9-11H2,1H3/t14-,15?,22?,23-/m0/s1. The van der Waals surface area contributed by atoms with E-state index in [0.29, 0.717) is 37.0 Å². The average molecular weight is 406 g/mol. The van der Waals surface area contributed by atoms with Crippen molar-refractivity contribution >= 4 is 5.91 Å². The van der Waals surface area contributed by atoms with Crippen molar-refractivity contribution in [1.82, 2.24) is 15.1 Å². The van der Waals surface area contributed by atoms with Gasteiger partial charge in [0.2, 0.25) is 5.91 Å². The second-order valence-electron chi connectivity index (χ2n) is 9.45. The van der Waals surface area contributed by atoms with Crippen LogP contribution in [0.1, 0.15) is 31.0 Å². The molecule has 1 aromatic heterocycles. The fourth-order valence-corrected chi connectivity index (χ4v) is 6.54. The molecule has 0 N–H and O–H groups in total. The van der Waals surface area contributed by atoms with Crippen molar-refractivity contribution in [3.8, 4) is 17.3 Å². The van der Waals surface area contributed by atoms with Gasteiger partial charge in [-0.3, -0.25) is 4.79 Å². The fourth-order valence-electron chi connectivity index (χ4n) is 6.54. The van der Waals surface area contributed by atoms with E-state index in [9.17, 15) is 13.6 Å². The fraction of sp³-hybridized carbons (Fsp3) is 0.478. The van der Waals surface area contributed by atoms with Crippen LogP contribution in [-0.2, 0) is 16.6 Å². The maximum absolute atomic E-state index is 14.3. The molecule has 5 nitrogen and oxygen atoms in total. The first-order valence-electron chi connectivity index (χ1n) is 10.4. The van der Waals surface area contributed by atoms with E-state index in [2.05, 4.69) is 23.2 Å². The largest absolute Gasteiger partial charge is 0.341 e. The summed E-state index contributed by atoms with van der Waals surface area (Å²) in [6, 6.07) is 7.64. The summed E-state index contributed by atoms with van der Waals surface area (Å²) in [5.74, 6) is -0.133. The first-order chi connectivity index (χ1) is 14.4. The first-order valence-corrected chi connectivity index (χ1v) is 10.4. The van der Waals surface area contributed by atoms with Gasteiger partial charge in [-0.05, 0) is 53.9 Å². The summed E-state index contributed by atoms with van der Waals surface area (Å²) in [6.07, 6.45) is 2.00. The monoisotopic (exact) mass is 406 g/mol. The van der Waals surface area contributed by atoms with Gasteiger partial charge in [0, 0.05) is 25.4 Å². The number of aromatic nitrogens is 2. The number of halogens is 2. The van der Waals surface area contributed by atoms with Gasteiger partial charge >= 0.3 is 0 Å². The third-order valence-corrected chi connectivity index (χ3v) is 8.29. The minimum Gasteiger partial charge on any atom is -0.341 e. The lowest BCUT2D eigenvalue weighted by Gasteiger charge is -2.52. The summed E-state index contributed by atoms with van der Waals surface area (Å²) in [5.41, 5.74) is 0.777. The number of carbonyl (C=O) groups is 1. The molecule has 0 bridgehead atoms. The molecule has 30 heavy (non-hydrogen) atoms. The lowest BCUT2D eigenvalue weighted by molar-refractivity contribution is -0.152. The minimum atomic E-state index is -0.688. The van der Waals surface area contributed by atoms with Crippen molar-refractivity contribution in [1.29, 1.82) is 5.26 Å². The normalized spacial score (nSPS) is 32.9. The average Bonchev–Trinajstić information content (AvgIpc) is 3.23. The van der Waals surface area contributed by atoms with E-state index in [1.54, 1.807) is 6.07 Å². The SMILES string of the molecule is CC12C3C[C@@]1(C(=O)N1CC(CC#N)C1)c1nnc(-c4c(F)cccc4F)cc1C[C@@H]32. The lowest BCUT2D eigenvalue weighted by atomic mass is 9.55. The Balaban J connectivity index is 1.40. The van der Waals surface area contributed by atoms with Crippen molar-refractivity contribution in [2.24, 2.45) is 23.2 Å². The van der Waals surface area contributed by atoms with Gasteiger partial charge < -0.3 is 4.90 Å². The number of nitrogens with zero attached hydrogens (tertiary/aromatic N) is 4. The molecular weight excluding hydrogens is 386 g/mol. The van der Waals surface area contributed by atoms with Crippen molar-refractivity contribution in [2.45, 2.75) is 31.6 Å². The number of rotatable bonds is 3. The van der Waals surface area contributed by atoms with Crippen LogP contribution in [0.5, 0.6) is 0 Å². The van der Waals surface area contributed by atoms with Crippen LogP contribution >= 0.6 is 0 Å². The van der Waals surface area contributed by atoms with Gasteiger partial charge in [0.25, 0.3) is 0 Å². The zero-order chi connectivity index (χ0) is 20.8. The Bertz CT molecular complexity index is 1130. The van der Waals surface area contributed by atoms with E-state index in [1.807, 2.05) is 4.90 Å². The Kier molecular flexibility index (Phi) is 3.36. The Morgan fingerprint density at radius 1 is 1.27 bits per heavy atom. The third-order valence-electron chi connectivity index (χ3n) is 8.29. The molecular formula is C23H20F2N4O. The van der Waals surface area contributed by atoms with E-state index >= 15 is 0 Å². The van der Waals surface area contributed by atoms with Crippen LogP contribution in [0.3, 0.4) is 0 Å². The highest BCUT2D eigenvalue weighted by Gasteiger charge is 2.85. The summed E-state index contributed by atoms with van der Waals surface area (Å²) in [4.78, 5) is 15.5. The minimum absolute atomic E-state index is 0.0815. The third kappa shape index (κ3) is 1.93. The Hall–Kier alpha value is -2.88. The van der Waals surface area contributed by atoms with Gasteiger partial charge in [-0.2, -0.15) is 10.4 Å². The quantitative estimate of drug-likeness (QED) is 0.785. The van der Waals surface area contributed by atoms with Gasteiger partial charge in [-0.25, -0.2) is 8.78 Å². The number of amides is 1. The highest BCUT2D eigenvalue weighted by Crippen LogP contribution is 2.84. The van der Waals surface area contributed by atoms with E-state index in [1.165, 1.54) is 18.2 Å². The maximum atomic E-state index is 14.3. The molecule has 0 spiro atoms. The molecule has 1 aliphatic heterocycles. The Morgan fingerprint density at radius 2 is 2.00 bits per heavy atom. The molecule has 0 radical (unpaired) electrons. The summed E-state index contributed by atoms with van der Waals surface area (Å²) in [6.45, 7) is 3.40. The molecule has 2 saturated carbocycles. The molecule has 2 aromatic rings. The molecule has 3 fully saturated rings. The second-order valence-corrected chi connectivity index (χ2v) is 9.45. The molecule has 6 rings (SSSR count). The molecule has 2 unspecified atom stereocenters. The molecule has 3 aliphatic carbocycles. The lowest BCUT2D eigenvalue weighted by Crippen LogP contribution is -2.63. The van der Waals surface area contributed by atoms with E-state index in [-0.39, 0.29) is 28.5 Å². The number of fused-ring (bicyclic) bond motifs is 3. The zero-order valence-corrected chi connectivity index (χ0v) is 16.5. The van der Waals surface area contributed by atoms with Crippen LogP contribution < -0.4 is 0 Å². The van der Waals surface area contributed by atoms with E-state index in [4.69, 9.17) is 5.26 Å². The van der Waals surface area contributed by atoms with E-state index in [0.717, 1.165) is 18.4 Å². The van der Waals surface area contributed by atoms with Crippen molar-refractivity contribution < 1.29 is 13.6 Å². The van der Waals surface area contributed by atoms with Crippen LogP contribution in [0.2, 0.25) is 0 Å². The molecule has 7 heteroatoms. The summed E-state index contributed by atoms with van der Waals surface area (Å²) < 4.78 is 28.5. The van der Waals surface area contributed by atoms with Crippen molar-refractivity contribution in [2.75, 3.05) is 13.1 Å². The van der Waals surface area contributed by atoms with Crippen LogP contribution in [0.25, 0.3) is 11.3 Å². The van der Waals surface area contributed by atoms with Gasteiger partial charge in [0.1, 0.15) is 11.6 Å². The summed E-state index contributed by atoms with van der Waals surface area (Å²) in [7, 11) is 0. The molecule has 1 aromatic carbocycles. The van der Waals surface area contributed by atoms with Crippen LogP contribution in [0, 0.1) is 46.1 Å². The number of hydrogen-bond acceptors (Lipinski definition) is 4. The molecule has 152 valence electrons. The second kappa shape index (κ2) is 5.63. The smallest absolute Gasteiger partial charge is 0.235 e. The summed E-state index contributed by atoms with van der Waals surface area (Å²) in [5, 5.41) is 17.5. The number of hydrogen-bond donors (Lipinski definition) is 0. The molecule has 4 aliphatic rings. The van der Waals surface area contributed by atoms with Gasteiger partial charge in [0.15, 0.2) is 0 Å². The van der Waals surface area contributed by atoms with Gasteiger partial charge in [0.05, 0.1) is 28.4 Å². The predicted octanol–water partition coefficient (Wildman–Crippen LogP) is 3.24. The van der Waals surface area contributed by atoms with E-state index < -0.39 is 17.0 Å². The van der Waals surface area contributed by atoms with Gasteiger partial charge in [-0.15, -0.1) is 5.10 Å². The van der Waals surface area contributed by atoms with Crippen molar-refractivity contribution in [3.05, 3.63) is 47.2 Å². The summed E-state index contributed by atoms with van der Waals surface area (Å²) >= 11 is 0. The zero-order valence-electron chi connectivity index (χ0n) is 16.5. The number of benzene rings is 1. The van der Waals surface area contributed by atoms with Crippen LogP contribution in [0.4, 0.5) is 8.78 Å².